The van der Waals surface area contributed by atoms with Crippen LogP contribution in [-0.4, -0.2) is 31.1 Å². The second kappa shape index (κ2) is 6.80. The fourth-order valence-electron chi connectivity index (χ4n) is 2.82. The number of hydrogen-bond acceptors (Lipinski definition) is 2. The van der Waals surface area contributed by atoms with Crippen molar-refractivity contribution in [3.8, 4) is 0 Å². The number of nitrogens with zero attached hydrogens (tertiary/aromatic N) is 2. The molecule has 0 atom stereocenters. The molecule has 0 aromatic heterocycles. The molecule has 116 valence electrons. The lowest BCUT2D eigenvalue weighted by Crippen LogP contribution is -2.45. The quantitative estimate of drug-likeness (QED) is 0.806. The first-order chi connectivity index (χ1) is 10.6. The van der Waals surface area contributed by atoms with E-state index in [1.807, 2.05) is 12.1 Å². The van der Waals surface area contributed by atoms with Gasteiger partial charge in [0.1, 0.15) is 5.82 Å². The van der Waals surface area contributed by atoms with E-state index < -0.39 is 0 Å². The third kappa shape index (κ3) is 3.68. The van der Waals surface area contributed by atoms with Crippen molar-refractivity contribution in [3.05, 3.63) is 63.9 Å². The molecule has 0 saturated carbocycles. The molecule has 1 heterocycles. The molecule has 0 amide bonds. The lowest BCUT2D eigenvalue weighted by Gasteiger charge is -2.36. The average Bonchev–Trinajstić information content (AvgIpc) is 2.53. The van der Waals surface area contributed by atoms with Gasteiger partial charge in [-0.25, -0.2) is 4.39 Å². The van der Waals surface area contributed by atoms with E-state index in [1.165, 1.54) is 17.3 Å². The summed E-state index contributed by atoms with van der Waals surface area (Å²) in [7, 11) is 0. The van der Waals surface area contributed by atoms with Crippen molar-refractivity contribution in [2.45, 2.75) is 13.5 Å². The van der Waals surface area contributed by atoms with Crippen molar-refractivity contribution < 1.29 is 4.39 Å². The van der Waals surface area contributed by atoms with Gasteiger partial charge in [-0.3, -0.25) is 4.90 Å². The Morgan fingerprint density at radius 2 is 1.68 bits per heavy atom. The van der Waals surface area contributed by atoms with Gasteiger partial charge in [-0.15, -0.1) is 0 Å². The van der Waals surface area contributed by atoms with E-state index in [0.717, 1.165) is 38.3 Å². The molecule has 3 rings (SSSR count). The van der Waals surface area contributed by atoms with Crippen molar-refractivity contribution in [1.82, 2.24) is 4.90 Å². The third-order valence-corrected chi connectivity index (χ3v) is 4.77. The van der Waals surface area contributed by atoms with Crippen molar-refractivity contribution in [2.75, 3.05) is 31.1 Å². The van der Waals surface area contributed by atoms with E-state index in [1.54, 1.807) is 0 Å². The van der Waals surface area contributed by atoms with Crippen LogP contribution in [0.3, 0.4) is 0 Å². The van der Waals surface area contributed by atoms with Gasteiger partial charge >= 0.3 is 0 Å². The monoisotopic (exact) mass is 362 g/mol. The first kappa shape index (κ1) is 15.5. The van der Waals surface area contributed by atoms with Crippen LogP contribution >= 0.6 is 15.9 Å². The number of anilines is 1. The lowest BCUT2D eigenvalue weighted by atomic mass is 10.1. The third-order valence-electron chi connectivity index (χ3n) is 4.16. The molecule has 1 saturated heterocycles. The highest BCUT2D eigenvalue weighted by molar-refractivity contribution is 9.10. The molecular weight excluding hydrogens is 343 g/mol. The summed E-state index contributed by atoms with van der Waals surface area (Å²) in [6.45, 7) is 7.12. The predicted molar refractivity (Wildman–Crippen MR) is 92.8 cm³/mol. The molecule has 0 radical (unpaired) electrons. The van der Waals surface area contributed by atoms with Gasteiger partial charge in [0, 0.05) is 38.4 Å². The Bertz CT molecular complexity index is 634. The molecule has 1 aliphatic heterocycles. The van der Waals surface area contributed by atoms with Gasteiger partial charge in [-0.2, -0.15) is 0 Å². The Labute approximate surface area is 139 Å². The van der Waals surface area contributed by atoms with Gasteiger partial charge in [0.15, 0.2) is 0 Å². The zero-order valence-corrected chi connectivity index (χ0v) is 14.3. The van der Waals surface area contributed by atoms with Crippen molar-refractivity contribution >= 4 is 21.6 Å². The van der Waals surface area contributed by atoms with Gasteiger partial charge in [0.05, 0.1) is 4.47 Å². The van der Waals surface area contributed by atoms with Gasteiger partial charge in [-0.05, 0) is 52.7 Å². The lowest BCUT2D eigenvalue weighted by molar-refractivity contribution is 0.250. The smallest absolute Gasteiger partial charge is 0.137 e. The highest BCUT2D eigenvalue weighted by Crippen LogP contribution is 2.20. The summed E-state index contributed by atoms with van der Waals surface area (Å²) in [5.41, 5.74) is 3.75. The Morgan fingerprint density at radius 1 is 1.00 bits per heavy atom. The fourth-order valence-corrected chi connectivity index (χ4v) is 3.24. The standard InChI is InChI=1S/C18H20BrFN2/c1-14-2-5-16(6-3-14)22-10-8-21(9-11-22)13-15-4-7-18(20)17(19)12-15/h2-7,12H,8-11,13H2,1H3. The maximum absolute atomic E-state index is 13.3. The molecule has 22 heavy (non-hydrogen) atoms. The molecule has 0 spiro atoms. The van der Waals surface area contributed by atoms with Crippen LogP contribution < -0.4 is 4.90 Å². The second-order valence-corrected chi connectivity index (χ2v) is 6.70. The summed E-state index contributed by atoms with van der Waals surface area (Å²) in [5, 5.41) is 0. The summed E-state index contributed by atoms with van der Waals surface area (Å²) >= 11 is 3.26. The Hall–Kier alpha value is -1.39. The Balaban J connectivity index is 1.57. The van der Waals surface area contributed by atoms with Gasteiger partial charge in [0.25, 0.3) is 0 Å². The number of aryl methyl sites for hydroxylation is 1. The maximum Gasteiger partial charge on any atom is 0.137 e. The fraction of sp³-hybridized carbons (Fsp3) is 0.333. The molecule has 2 nitrogen and oxygen atoms in total. The van der Waals surface area contributed by atoms with E-state index in [9.17, 15) is 4.39 Å². The maximum atomic E-state index is 13.3. The van der Waals surface area contributed by atoms with E-state index in [2.05, 4.69) is 56.9 Å². The van der Waals surface area contributed by atoms with Crippen LogP contribution in [0.15, 0.2) is 46.9 Å². The minimum absolute atomic E-state index is 0.201. The molecule has 2 aromatic carbocycles. The Morgan fingerprint density at radius 3 is 2.32 bits per heavy atom. The van der Waals surface area contributed by atoms with Crippen LogP contribution in [-0.2, 0) is 6.54 Å². The van der Waals surface area contributed by atoms with Crippen LogP contribution in [0, 0.1) is 12.7 Å². The molecule has 1 aliphatic rings. The van der Waals surface area contributed by atoms with Crippen molar-refractivity contribution in [1.29, 1.82) is 0 Å². The van der Waals surface area contributed by atoms with Gasteiger partial charge < -0.3 is 4.90 Å². The second-order valence-electron chi connectivity index (χ2n) is 5.85. The molecule has 0 unspecified atom stereocenters. The molecule has 0 aliphatic carbocycles. The van der Waals surface area contributed by atoms with Gasteiger partial charge in [0.2, 0.25) is 0 Å². The van der Waals surface area contributed by atoms with E-state index >= 15 is 0 Å². The van der Waals surface area contributed by atoms with Gasteiger partial charge in [-0.1, -0.05) is 23.8 Å². The highest BCUT2D eigenvalue weighted by atomic mass is 79.9. The highest BCUT2D eigenvalue weighted by Gasteiger charge is 2.17. The SMILES string of the molecule is Cc1ccc(N2CCN(Cc3ccc(F)c(Br)c3)CC2)cc1. The summed E-state index contributed by atoms with van der Waals surface area (Å²) in [4.78, 5) is 4.85. The first-order valence-corrected chi connectivity index (χ1v) is 8.39. The summed E-state index contributed by atoms with van der Waals surface area (Å²) < 4.78 is 13.8. The number of benzene rings is 2. The Kier molecular flexibility index (Phi) is 4.79. The van der Waals surface area contributed by atoms with E-state index in [0.29, 0.717) is 4.47 Å². The molecule has 4 heteroatoms. The van der Waals surface area contributed by atoms with Crippen molar-refractivity contribution in [2.24, 2.45) is 0 Å². The van der Waals surface area contributed by atoms with Crippen LogP contribution in [0.25, 0.3) is 0 Å². The normalized spacial score (nSPS) is 16.0. The van der Waals surface area contributed by atoms with Crippen molar-refractivity contribution in [3.63, 3.8) is 0 Å². The summed E-state index contributed by atoms with van der Waals surface area (Å²) in [6.07, 6.45) is 0. The van der Waals surface area contributed by atoms with Crippen LogP contribution in [0.5, 0.6) is 0 Å². The number of rotatable bonds is 3. The zero-order chi connectivity index (χ0) is 15.5. The molecule has 0 N–H and O–H groups in total. The van der Waals surface area contributed by atoms with Crippen LogP contribution in [0.4, 0.5) is 10.1 Å². The predicted octanol–water partition coefficient (Wildman–Crippen LogP) is 4.22. The summed E-state index contributed by atoms with van der Waals surface area (Å²) in [6, 6.07) is 14.0. The molecule has 1 fully saturated rings. The largest absolute Gasteiger partial charge is 0.369 e. The number of halogens is 2. The molecule has 2 aromatic rings. The minimum atomic E-state index is -0.201. The first-order valence-electron chi connectivity index (χ1n) is 7.60. The van der Waals surface area contributed by atoms with E-state index in [4.69, 9.17) is 0 Å². The molecular formula is C18H20BrFN2. The minimum Gasteiger partial charge on any atom is -0.369 e. The summed E-state index contributed by atoms with van der Waals surface area (Å²) in [5.74, 6) is -0.201. The zero-order valence-electron chi connectivity index (χ0n) is 12.7. The number of hydrogen-bond donors (Lipinski definition) is 0. The molecule has 0 bridgehead atoms. The average molecular weight is 363 g/mol. The van der Waals surface area contributed by atoms with Crippen LogP contribution in [0.1, 0.15) is 11.1 Å². The van der Waals surface area contributed by atoms with Crippen LogP contribution in [0.2, 0.25) is 0 Å². The topological polar surface area (TPSA) is 6.48 Å². The number of piperazine rings is 1. The van der Waals surface area contributed by atoms with E-state index in [-0.39, 0.29) is 5.82 Å².